The molecule has 0 aliphatic carbocycles. The van der Waals surface area contributed by atoms with Crippen LogP contribution in [0.4, 0.5) is 0 Å². The molecule has 4 atom stereocenters. The highest BCUT2D eigenvalue weighted by Gasteiger charge is 2.39. The average Bonchev–Trinajstić information content (AvgIpc) is 3.46. The van der Waals surface area contributed by atoms with E-state index in [-0.39, 0.29) is 37.8 Å². The Hall–Kier alpha value is -3.42. The molecule has 0 saturated carbocycles. The number of carboxylic acids is 2. The van der Waals surface area contributed by atoms with Crippen molar-refractivity contribution in [3.05, 3.63) is 0 Å². The summed E-state index contributed by atoms with van der Waals surface area (Å²) in [5, 5.41) is 26.7. The van der Waals surface area contributed by atoms with Gasteiger partial charge in [0.2, 0.25) is 17.7 Å². The minimum absolute atomic E-state index is 0.120. The molecule has 2 aliphatic heterocycles. The number of likely N-dealkylation sites (tertiary alicyclic amines) is 1. The number of nitrogens with one attached hydrogen (secondary N) is 3. The van der Waals surface area contributed by atoms with E-state index in [0.717, 1.165) is 11.3 Å². The van der Waals surface area contributed by atoms with E-state index in [0.29, 0.717) is 25.8 Å². The van der Waals surface area contributed by atoms with E-state index in [2.05, 4.69) is 20.9 Å². The molecule has 14 heteroatoms. The number of carbonyl (C=O) groups is 5. The smallest absolute Gasteiger partial charge is 0.326 e. The summed E-state index contributed by atoms with van der Waals surface area (Å²) in [4.78, 5) is 66.3. The third kappa shape index (κ3) is 7.86. The van der Waals surface area contributed by atoms with Crippen molar-refractivity contribution in [1.82, 2.24) is 20.9 Å². The van der Waals surface area contributed by atoms with Gasteiger partial charge in [-0.2, -0.15) is 0 Å². The number of guanidine groups is 1. The first-order chi connectivity index (χ1) is 16.1. The van der Waals surface area contributed by atoms with Crippen LogP contribution in [-0.4, -0.2) is 94.5 Å². The summed E-state index contributed by atoms with van der Waals surface area (Å²) in [6.45, 7) is 1.03. The minimum Gasteiger partial charge on any atom is -0.481 e. The number of hydrogen-bond acceptors (Lipinski definition) is 7. The van der Waals surface area contributed by atoms with Crippen molar-refractivity contribution in [2.75, 3.05) is 19.6 Å². The first-order valence-electron chi connectivity index (χ1n) is 11.2. The lowest BCUT2D eigenvalue weighted by molar-refractivity contribution is -0.150. The molecule has 0 spiro atoms. The van der Waals surface area contributed by atoms with Gasteiger partial charge in [-0.3, -0.25) is 24.2 Å². The molecule has 34 heavy (non-hydrogen) atoms. The SMILES string of the molecule is NC(N)=NCCCC(NC(=O)C1CCCN1)C(=O)NC(CC(=O)O)C(=O)N1CCCC1C(=O)O. The van der Waals surface area contributed by atoms with Crippen LogP contribution >= 0.6 is 0 Å². The molecule has 0 aromatic heterocycles. The molecule has 0 bridgehead atoms. The van der Waals surface area contributed by atoms with Gasteiger partial charge in [-0.05, 0) is 45.1 Å². The van der Waals surface area contributed by atoms with Gasteiger partial charge in [-0.25, -0.2) is 4.79 Å². The van der Waals surface area contributed by atoms with E-state index < -0.39 is 54.3 Å². The van der Waals surface area contributed by atoms with Crippen LogP contribution < -0.4 is 27.4 Å². The Morgan fingerprint density at radius 3 is 2.38 bits per heavy atom. The first kappa shape index (κ1) is 26.8. The van der Waals surface area contributed by atoms with E-state index in [1.165, 1.54) is 0 Å². The molecule has 9 N–H and O–H groups in total. The van der Waals surface area contributed by atoms with Gasteiger partial charge < -0.3 is 42.5 Å². The maximum absolute atomic E-state index is 13.0. The lowest BCUT2D eigenvalue weighted by Crippen LogP contribution is -2.57. The van der Waals surface area contributed by atoms with Crippen molar-refractivity contribution in [2.24, 2.45) is 16.5 Å². The summed E-state index contributed by atoms with van der Waals surface area (Å²) in [6.07, 6.45) is 1.86. The lowest BCUT2D eigenvalue weighted by atomic mass is 10.1. The minimum atomic E-state index is -1.48. The Morgan fingerprint density at radius 1 is 1.06 bits per heavy atom. The number of rotatable bonds is 12. The van der Waals surface area contributed by atoms with Crippen molar-refractivity contribution < 1.29 is 34.2 Å². The van der Waals surface area contributed by atoms with Crippen LogP contribution in [0.25, 0.3) is 0 Å². The van der Waals surface area contributed by atoms with E-state index in [1.54, 1.807) is 0 Å². The Balaban J connectivity index is 2.13. The van der Waals surface area contributed by atoms with E-state index in [9.17, 15) is 34.2 Å². The molecule has 14 nitrogen and oxygen atoms in total. The molecule has 2 fully saturated rings. The van der Waals surface area contributed by atoms with Gasteiger partial charge in [-0.15, -0.1) is 0 Å². The van der Waals surface area contributed by atoms with Crippen LogP contribution in [0.3, 0.4) is 0 Å². The van der Waals surface area contributed by atoms with E-state index in [1.807, 2.05) is 0 Å². The van der Waals surface area contributed by atoms with Gasteiger partial charge >= 0.3 is 11.9 Å². The summed E-state index contributed by atoms with van der Waals surface area (Å²) in [5.41, 5.74) is 10.6. The van der Waals surface area contributed by atoms with E-state index >= 15 is 0 Å². The Morgan fingerprint density at radius 2 is 1.79 bits per heavy atom. The normalized spacial score (nSPS) is 21.4. The van der Waals surface area contributed by atoms with Crippen molar-refractivity contribution in [3.8, 4) is 0 Å². The zero-order chi connectivity index (χ0) is 25.3. The molecule has 2 heterocycles. The van der Waals surface area contributed by atoms with Gasteiger partial charge in [0, 0.05) is 13.1 Å². The van der Waals surface area contributed by atoms with Crippen molar-refractivity contribution in [1.29, 1.82) is 0 Å². The highest BCUT2D eigenvalue weighted by Crippen LogP contribution is 2.19. The van der Waals surface area contributed by atoms with Crippen LogP contribution in [0.5, 0.6) is 0 Å². The molecule has 2 aliphatic rings. The van der Waals surface area contributed by atoms with Crippen molar-refractivity contribution in [2.45, 2.75) is 69.1 Å². The number of aliphatic imine (C=N–C) groups is 1. The molecule has 2 saturated heterocycles. The van der Waals surface area contributed by atoms with Crippen molar-refractivity contribution in [3.63, 3.8) is 0 Å². The fourth-order valence-electron chi connectivity index (χ4n) is 4.09. The number of amides is 3. The number of carboxylic acid groups (broad SMARTS) is 2. The Bertz CT molecular complexity index is 809. The fourth-order valence-corrected chi connectivity index (χ4v) is 4.09. The Kier molecular flexibility index (Phi) is 10.0. The quantitative estimate of drug-likeness (QED) is 0.0863. The van der Waals surface area contributed by atoms with Gasteiger partial charge in [0.25, 0.3) is 0 Å². The molecule has 0 radical (unpaired) electrons. The van der Waals surface area contributed by atoms with Crippen LogP contribution in [0.15, 0.2) is 4.99 Å². The summed E-state index contributed by atoms with van der Waals surface area (Å²) in [7, 11) is 0. The van der Waals surface area contributed by atoms with Crippen LogP contribution in [-0.2, 0) is 24.0 Å². The van der Waals surface area contributed by atoms with Crippen LogP contribution in [0.1, 0.15) is 44.9 Å². The van der Waals surface area contributed by atoms with Crippen molar-refractivity contribution >= 4 is 35.6 Å². The number of nitrogens with two attached hydrogens (primary N) is 2. The molecule has 2 rings (SSSR count). The summed E-state index contributed by atoms with van der Waals surface area (Å²) in [5.74, 6) is -4.57. The van der Waals surface area contributed by atoms with E-state index in [4.69, 9.17) is 11.5 Å². The van der Waals surface area contributed by atoms with Gasteiger partial charge in [0.05, 0.1) is 12.5 Å². The number of aliphatic carboxylic acids is 2. The van der Waals surface area contributed by atoms with Crippen LogP contribution in [0, 0.1) is 0 Å². The molecular weight excluding hydrogens is 450 g/mol. The predicted molar refractivity (Wildman–Crippen MR) is 119 cm³/mol. The van der Waals surface area contributed by atoms with Gasteiger partial charge in [0.1, 0.15) is 18.1 Å². The summed E-state index contributed by atoms with van der Waals surface area (Å²) >= 11 is 0. The number of carbonyl (C=O) groups excluding carboxylic acids is 3. The van der Waals surface area contributed by atoms with Gasteiger partial charge in [-0.1, -0.05) is 0 Å². The fraction of sp³-hybridized carbons (Fsp3) is 0.700. The summed E-state index contributed by atoms with van der Waals surface area (Å²) in [6, 6.07) is -4.08. The first-order valence-corrected chi connectivity index (χ1v) is 11.2. The van der Waals surface area contributed by atoms with Crippen LogP contribution in [0.2, 0.25) is 0 Å². The molecule has 4 unspecified atom stereocenters. The Labute approximate surface area is 196 Å². The monoisotopic (exact) mass is 483 g/mol. The zero-order valence-electron chi connectivity index (χ0n) is 18.9. The predicted octanol–water partition coefficient (Wildman–Crippen LogP) is -2.69. The molecule has 0 aromatic carbocycles. The summed E-state index contributed by atoms with van der Waals surface area (Å²) < 4.78 is 0. The highest BCUT2D eigenvalue weighted by atomic mass is 16.4. The molecule has 3 amide bonds. The average molecular weight is 484 g/mol. The molecular formula is C20H33N7O7. The maximum Gasteiger partial charge on any atom is 0.326 e. The number of hydrogen-bond donors (Lipinski definition) is 7. The second-order valence-corrected chi connectivity index (χ2v) is 8.35. The zero-order valence-corrected chi connectivity index (χ0v) is 18.9. The maximum atomic E-state index is 13.0. The third-order valence-corrected chi connectivity index (χ3v) is 5.77. The second kappa shape index (κ2) is 12.7. The highest BCUT2D eigenvalue weighted by molar-refractivity contribution is 5.95. The largest absolute Gasteiger partial charge is 0.481 e. The lowest BCUT2D eigenvalue weighted by Gasteiger charge is -2.28. The third-order valence-electron chi connectivity index (χ3n) is 5.77. The van der Waals surface area contributed by atoms with Gasteiger partial charge in [0.15, 0.2) is 5.96 Å². The second-order valence-electron chi connectivity index (χ2n) is 8.35. The number of nitrogens with zero attached hydrogens (tertiary/aromatic N) is 2. The topological polar surface area (TPSA) is 230 Å². The molecule has 190 valence electrons. The standard InChI is InChI=1S/C20H33N7O7/c21-20(22)24-8-2-5-12(25-16(30)11-4-1-7-23-11)17(31)26-13(10-15(28)29)18(32)27-9-3-6-14(27)19(33)34/h11-14,23H,1-10H2,(H,25,30)(H,26,31)(H,28,29)(H,33,34)(H4,21,22,24). The molecule has 0 aromatic rings.